The Bertz CT molecular complexity index is 470. The fourth-order valence-corrected chi connectivity index (χ4v) is 1.62. The van der Waals surface area contributed by atoms with Gasteiger partial charge in [-0.25, -0.2) is 4.39 Å². The van der Waals surface area contributed by atoms with Gasteiger partial charge in [0.25, 0.3) is 0 Å². The molecule has 1 aromatic carbocycles. The first-order valence-electron chi connectivity index (χ1n) is 6.61. The monoisotopic (exact) mass is 280 g/mol. The average Bonchev–Trinajstić information content (AvgIpc) is 2.40. The highest BCUT2D eigenvalue weighted by molar-refractivity contribution is 5.83. The summed E-state index contributed by atoms with van der Waals surface area (Å²) in [6, 6.07) is 4.40. The Labute approximate surface area is 118 Å². The lowest BCUT2D eigenvalue weighted by Gasteiger charge is -2.07. The molecular formula is C14H21FN4O. The van der Waals surface area contributed by atoms with Crippen LogP contribution in [-0.2, 0) is 11.3 Å². The van der Waals surface area contributed by atoms with E-state index in [0.717, 1.165) is 30.4 Å². The Morgan fingerprint density at radius 2 is 2.15 bits per heavy atom. The molecular weight excluding hydrogens is 259 g/mol. The van der Waals surface area contributed by atoms with E-state index in [1.165, 1.54) is 18.3 Å². The molecule has 0 aliphatic carbocycles. The third-order valence-corrected chi connectivity index (χ3v) is 2.62. The van der Waals surface area contributed by atoms with Crippen molar-refractivity contribution in [2.75, 3.05) is 6.61 Å². The number of benzene rings is 1. The summed E-state index contributed by atoms with van der Waals surface area (Å²) in [7, 11) is 0. The van der Waals surface area contributed by atoms with Crippen LogP contribution >= 0.6 is 0 Å². The van der Waals surface area contributed by atoms with Crippen molar-refractivity contribution in [2.45, 2.75) is 32.8 Å². The first kappa shape index (κ1) is 16.1. The van der Waals surface area contributed by atoms with Crippen LogP contribution in [0.2, 0.25) is 0 Å². The molecule has 20 heavy (non-hydrogen) atoms. The molecule has 1 rings (SSSR count). The van der Waals surface area contributed by atoms with E-state index in [2.05, 4.69) is 17.1 Å². The second kappa shape index (κ2) is 9.03. The summed E-state index contributed by atoms with van der Waals surface area (Å²) in [4.78, 5) is 0. The van der Waals surface area contributed by atoms with Gasteiger partial charge in [0, 0.05) is 12.2 Å². The molecule has 0 radical (unpaired) electrons. The Balaban J connectivity index is 2.65. The van der Waals surface area contributed by atoms with Crippen molar-refractivity contribution in [2.24, 2.45) is 21.7 Å². The number of ether oxygens (including phenoxy) is 1. The molecule has 0 spiro atoms. The van der Waals surface area contributed by atoms with Crippen LogP contribution in [0.25, 0.3) is 0 Å². The van der Waals surface area contributed by atoms with Crippen molar-refractivity contribution in [1.29, 1.82) is 0 Å². The number of hydrogen-bond donors (Lipinski definition) is 2. The zero-order valence-corrected chi connectivity index (χ0v) is 11.7. The van der Waals surface area contributed by atoms with Crippen LogP contribution in [0.4, 0.5) is 4.39 Å². The van der Waals surface area contributed by atoms with Gasteiger partial charge in [-0.05, 0) is 24.1 Å². The molecule has 0 saturated carbocycles. The first-order valence-corrected chi connectivity index (χ1v) is 6.61. The summed E-state index contributed by atoms with van der Waals surface area (Å²) < 4.78 is 18.8. The van der Waals surface area contributed by atoms with E-state index in [0.29, 0.717) is 13.2 Å². The predicted molar refractivity (Wildman–Crippen MR) is 79.0 cm³/mol. The minimum atomic E-state index is -0.309. The van der Waals surface area contributed by atoms with Gasteiger partial charge >= 0.3 is 0 Å². The summed E-state index contributed by atoms with van der Waals surface area (Å²) in [5, 5.41) is 7.24. The van der Waals surface area contributed by atoms with Gasteiger partial charge in [-0.2, -0.15) is 5.10 Å². The highest BCUT2D eigenvalue weighted by Crippen LogP contribution is 2.11. The number of nitrogens with two attached hydrogens (primary N) is 2. The highest BCUT2D eigenvalue weighted by Gasteiger charge is 2.03. The molecule has 0 aromatic heterocycles. The van der Waals surface area contributed by atoms with Crippen LogP contribution in [0.1, 0.15) is 37.3 Å². The lowest BCUT2D eigenvalue weighted by Crippen LogP contribution is -2.21. The van der Waals surface area contributed by atoms with Gasteiger partial charge in [0.2, 0.25) is 5.96 Å². The van der Waals surface area contributed by atoms with Crippen LogP contribution in [0.3, 0.4) is 0 Å². The number of rotatable bonds is 8. The van der Waals surface area contributed by atoms with Gasteiger partial charge in [-0.1, -0.05) is 25.8 Å². The topological polar surface area (TPSA) is 86.0 Å². The van der Waals surface area contributed by atoms with E-state index in [1.807, 2.05) is 0 Å². The van der Waals surface area contributed by atoms with Crippen LogP contribution in [0.15, 0.2) is 28.4 Å². The molecule has 0 saturated heterocycles. The SMILES string of the molecule is CCCCCOCc1cc(F)ccc1C=NN=C(N)N. The van der Waals surface area contributed by atoms with Crippen LogP contribution in [0, 0.1) is 5.82 Å². The van der Waals surface area contributed by atoms with Crippen molar-refractivity contribution >= 4 is 12.2 Å². The maximum atomic E-state index is 13.3. The van der Waals surface area contributed by atoms with Gasteiger partial charge in [0.15, 0.2) is 0 Å². The zero-order valence-electron chi connectivity index (χ0n) is 11.7. The van der Waals surface area contributed by atoms with Gasteiger partial charge in [-0.15, -0.1) is 5.10 Å². The minimum absolute atomic E-state index is 0.124. The molecule has 0 fully saturated rings. The largest absolute Gasteiger partial charge is 0.377 e. The summed E-state index contributed by atoms with van der Waals surface area (Å²) in [6.45, 7) is 3.13. The minimum Gasteiger partial charge on any atom is -0.377 e. The van der Waals surface area contributed by atoms with E-state index in [9.17, 15) is 4.39 Å². The molecule has 0 amide bonds. The molecule has 4 N–H and O–H groups in total. The standard InChI is InChI=1S/C14H21FN4O/c1-2-3-4-7-20-10-12-8-13(15)6-5-11(12)9-18-19-14(16)17/h5-6,8-9H,2-4,7,10H2,1H3,(H4,16,17,19). The van der Waals surface area contributed by atoms with Crippen LogP contribution in [-0.4, -0.2) is 18.8 Å². The molecule has 0 atom stereocenters. The molecule has 1 aromatic rings. The van der Waals surface area contributed by atoms with Gasteiger partial charge in [0.1, 0.15) is 5.82 Å². The fourth-order valence-electron chi connectivity index (χ4n) is 1.62. The Hall–Kier alpha value is -1.95. The number of hydrogen-bond acceptors (Lipinski definition) is 3. The summed E-state index contributed by atoms with van der Waals surface area (Å²) >= 11 is 0. The third kappa shape index (κ3) is 6.29. The number of unbranched alkanes of at least 4 members (excludes halogenated alkanes) is 2. The Morgan fingerprint density at radius 1 is 1.35 bits per heavy atom. The van der Waals surface area contributed by atoms with Gasteiger partial charge in [-0.3, -0.25) is 0 Å². The highest BCUT2D eigenvalue weighted by atomic mass is 19.1. The predicted octanol–water partition coefficient (Wildman–Crippen LogP) is 2.14. The van der Waals surface area contributed by atoms with Gasteiger partial charge in [0.05, 0.1) is 12.8 Å². The quantitative estimate of drug-likeness (QED) is 0.331. The van der Waals surface area contributed by atoms with Crippen LogP contribution in [0.5, 0.6) is 0 Å². The molecule has 0 unspecified atom stereocenters. The summed E-state index contributed by atoms with van der Waals surface area (Å²) in [5.74, 6) is -0.433. The van der Waals surface area contributed by atoms with E-state index < -0.39 is 0 Å². The second-order valence-electron chi connectivity index (χ2n) is 4.37. The average molecular weight is 280 g/mol. The normalized spacial score (nSPS) is 10.9. The van der Waals surface area contributed by atoms with Crippen molar-refractivity contribution in [3.05, 3.63) is 35.1 Å². The maximum absolute atomic E-state index is 13.3. The maximum Gasteiger partial charge on any atom is 0.211 e. The summed E-state index contributed by atoms with van der Waals surface area (Å²) in [5.41, 5.74) is 11.8. The second-order valence-corrected chi connectivity index (χ2v) is 4.37. The molecule has 6 heteroatoms. The molecule has 0 aliphatic heterocycles. The number of halogens is 1. The van der Waals surface area contributed by atoms with Gasteiger partial charge < -0.3 is 16.2 Å². The number of nitrogens with zero attached hydrogens (tertiary/aromatic N) is 2. The van der Waals surface area contributed by atoms with Crippen molar-refractivity contribution in [3.8, 4) is 0 Å². The van der Waals surface area contributed by atoms with Crippen LogP contribution < -0.4 is 11.5 Å². The van der Waals surface area contributed by atoms with Crippen molar-refractivity contribution < 1.29 is 9.13 Å². The van der Waals surface area contributed by atoms with Crippen molar-refractivity contribution in [1.82, 2.24) is 0 Å². The van der Waals surface area contributed by atoms with E-state index in [-0.39, 0.29) is 11.8 Å². The Kier molecular flexibility index (Phi) is 7.27. The lowest BCUT2D eigenvalue weighted by molar-refractivity contribution is 0.117. The lowest BCUT2D eigenvalue weighted by atomic mass is 10.1. The molecule has 0 heterocycles. The molecule has 5 nitrogen and oxygen atoms in total. The first-order chi connectivity index (χ1) is 9.63. The third-order valence-electron chi connectivity index (χ3n) is 2.62. The van der Waals surface area contributed by atoms with Crippen molar-refractivity contribution in [3.63, 3.8) is 0 Å². The molecule has 0 aliphatic rings. The van der Waals surface area contributed by atoms with E-state index in [4.69, 9.17) is 16.2 Å². The smallest absolute Gasteiger partial charge is 0.211 e. The van der Waals surface area contributed by atoms with E-state index >= 15 is 0 Å². The zero-order chi connectivity index (χ0) is 14.8. The molecule has 0 bridgehead atoms. The fraction of sp³-hybridized carbons (Fsp3) is 0.429. The summed E-state index contributed by atoms with van der Waals surface area (Å²) in [6.07, 6.45) is 4.74. The molecule has 110 valence electrons. The van der Waals surface area contributed by atoms with E-state index in [1.54, 1.807) is 6.07 Å². The Morgan fingerprint density at radius 3 is 2.85 bits per heavy atom. The number of guanidine groups is 1.